The molecular formula is C17H29NO2. The Balaban J connectivity index is 2.61. The first-order valence-corrected chi connectivity index (χ1v) is 7.15. The Bertz CT molecular complexity index is 433. The number of benzene rings is 1. The smallest absolute Gasteiger partial charge is 0.161 e. The molecule has 0 amide bonds. The Hall–Kier alpha value is -1.22. The van der Waals surface area contributed by atoms with Gasteiger partial charge in [-0.1, -0.05) is 19.9 Å². The molecule has 0 atom stereocenters. The van der Waals surface area contributed by atoms with Crippen molar-refractivity contribution in [3.8, 4) is 11.5 Å². The van der Waals surface area contributed by atoms with Gasteiger partial charge in [0.15, 0.2) is 11.5 Å². The lowest BCUT2D eigenvalue weighted by Gasteiger charge is -2.30. The second kappa shape index (κ2) is 6.49. The second-order valence-electron chi connectivity index (χ2n) is 7.21. The van der Waals surface area contributed by atoms with E-state index in [2.05, 4.69) is 39.9 Å². The van der Waals surface area contributed by atoms with E-state index in [1.165, 1.54) is 5.56 Å². The maximum absolute atomic E-state index is 5.95. The maximum Gasteiger partial charge on any atom is 0.161 e. The first kappa shape index (κ1) is 16.8. The molecule has 0 aliphatic rings. The Morgan fingerprint density at radius 1 is 1.05 bits per heavy atom. The van der Waals surface area contributed by atoms with Crippen LogP contribution in [0.4, 0.5) is 0 Å². The predicted molar refractivity (Wildman–Crippen MR) is 84.8 cm³/mol. The van der Waals surface area contributed by atoms with E-state index in [1.807, 2.05) is 25.1 Å². The molecule has 0 unspecified atom stereocenters. The third-order valence-corrected chi connectivity index (χ3v) is 3.03. The molecule has 3 heteroatoms. The van der Waals surface area contributed by atoms with E-state index in [0.717, 1.165) is 18.0 Å². The van der Waals surface area contributed by atoms with Crippen LogP contribution in [0.1, 0.15) is 40.2 Å². The van der Waals surface area contributed by atoms with Gasteiger partial charge in [-0.2, -0.15) is 0 Å². The lowest BCUT2D eigenvalue weighted by Crippen LogP contribution is -2.43. The lowest BCUT2D eigenvalue weighted by molar-refractivity contribution is 0.161. The molecule has 0 aliphatic carbocycles. The van der Waals surface area contributed by atoms with E-state index < -0.39 is 0 Å². The summed E-state index contributed by atoms with van der Waals surface area (Å²) in [5.74, 6) is 1.60. The van der Waals surface area contributed by atoms with Crippen molar-refractivity contribution in [2.45, 2.75) is 47.1 Å². The highest BCUT2D eigenvalue weighted by Crippen LogP contribution is 2.29. The Kier molecular flexibility index (Phi) is 5.46. The SMILES string of the molecule is COc1cc(C)ccc1OCC(C)(C)CNC(C)(C)C. The zero-order valence-corrected chi connectivity index (χ0v) is 14.0. The molecule has 1 rings (SSSR count). The fourth-order valence-corrected chi connectivity index (χ4v) is 1.72. The molecule has 0 heterocycles. The Morgan fingerprint density at radius 3 is 2.25 bits per heavy atom. The van der Waals surface area contributed by atoms with Crippen LogP contribution in [0.25, 0.3) is 0 Å². The summed E-state index contributed by atoms with van der Waals surface area (Å²) in [6.07, 6.45) is 0. The van der Waals surface area contributed by atoms with Crippen LogP contribution >= 0.6 is 0 Å². The van der Waals surface area contributed by atoms with Gasteiger partial charge in [0.1, 0.15) is 0 Å². The van der Waals surface area contributed by atoms with E-state index in [9.17, 15) is 0 Å². The van der Waals surface area contributed by atoms with Gasteiger partial charge in [-0.15, -0.1) is 0 Å². The van der Waals surface area contributed by atoms with Crippen LogP contribution in [-0.2, 0) is 0 Å². The summed E-state index contributed by atoms with van der Waals surface area (Å²) in [4.78, 5) is 0. The average Bonchev–Trinajstić information content (AvgIpc) is 2.34. The van der Waals surface area contributed by atoms with Gasteiger partial charge in [-0.25, -0.2) is 0 Å². The van der Waals surface area contributed by atoms with Gasteiger partial charge < -0.3 is 14.8 Å². The minimum Gasteiger partial charge on any atom is -0.493 e. The van der Waals surface area contributed by atoms with E-state index in [-0.39, 0.29) is 11.0 Å². The molecule has 0 bridgehead atoms. The zero-order chi connectivity index (χ0) is 15.4. The second-order valence-corrected chi connectivity index (χ2v) is 7.21. The van der Waals surface area contributed by atoms with Crippen molar-refractivity contribution in [3.63, 3.8) is 0 Å². The van der Waals surface area contributed by atoms with Crippen LogP contribution in [0.5, 0.6) is 11.5 Å². The third kappa shape index (κ3) is 5.83. The fraction of sp³-hybridized carbons (Fsp3) is 0.647. The third-order valence-electron chi connectivity index (χ3n) is 3.03. The Labute approximate surface area is 123 Å². The summed E-state index contributed by atoms with van der Waals surface area (Å²) in [6.45, 7) is 14.5. The van der Waals surface area contributed by atoms with Crippen molar-refractivity contribution in [1.82, 2.24) is 5.32 Å². The van der Waals surface area contributed by atoms with Crippen molar-refractivity contribution in [2.75, 3.05) is 20.3 Å². The normalized spacial score (nSPS) is 12.3. The van der Waals surface area contributed by atoms with Crippen LogP contribution in [0.2, 0.25) is 0 Å². The van der Waals surface area contributed by atoms with Gasteiger partial charge in [-0.3, -0.25) is 0 Å². The summed E-state index contributed by atoms with van der Waals surface area (Å²) in [7, 11) is 1.67. The first-order chi connectivity index (χ1) is 9.13. The molecule has 0 aliphatic heterocycles. The number of ether oxygens (including phenoxy) is 2. The van der Waals surface area contributed by atoms with E-state index in [4.69, 9.17) is 9.47 Å². The molecule has 114 valence electrons. The van der Waals surface area contributed by atoms with Gasteiger partial charge >= 0.3 is 0 Å². The Morgan fingerprint density at radius 2 is 1.70 bits per heavy atom. The number of rotatable bonds is 6. The summed E-state index contributed by atoms with van der Waals surface area (Å²) in [5, 5.41) is 3.52. The quantitative estimate of drug-likeness (QED) is 0.859. The fourth-order valence-electron chi connectivity index (χ4n) is 1.72. The first-order valence-electron chi connectivity index (χ1n) is 7.15. The molecule has 0 saturated heterocycles. The number of hydrogen-bond donors (Lipinski definition) is 1. The minimum absolute atomic E-state index is 0.0587. The highest BCUT2D eigenvalue weighted by Gasteiger charge is 2.22. The monoisotopic (exact) mass is 279 g/mol. The van der Waals surface area contributed by atoms with Gasteiger partial charge in [0, 0.05) is 17.5 Å². The highest BCUT2D eigenvalue weighted by molar-refractivity contribution is 5.42. The van der Waals surface area contributed by atoms with E-state index in [0.29, 0.717) is 6.61 Å². The lowest BCUT2D eigenvalue weighted by atomic mass is 9.93. The van der Waals surface area contributed by atoms with Gasteiger partial charge in [0.25, 0.3) is 0 Å². The molecule has 0 saturated carbocycles. The van der Waals surface area contributed by atoms with E-state index >= 15 is 0 Å². The van der Waals surface area contributed by atoms with Crippen LogP contribution in [0, 0.1) is 12.3 Å². The van der Waals surface area contributed by atoms with Crippen LogP contribution in [0.15, 0.2) is 18.2 Å². The van der Waals surface area contributed by atoms with E-state index in [1.54, 1.807) is 7.11 Å². The van der Waals surface area contributed by atoms with Crippen molar-refractivity contribution in [2.24, 2.45) is 5.41 Å². The average molecular weight is 279 g/mol. The summed E-state index contributed by atoms with van der Waals surface area (Å²) < 4.78 is 11.3. The predicted octanol–water partition coefficient (Wildman–Crippen LogP) is 3.80. The summed E-state index contributed by atoms with van der Waals surface area (Å²) in [5.41, 5.74) is 1.35. The van der Waals surface area contributed by atoms with Gasteiger partial charge in [-0.05, 0) is 45.4 Å². The number of hydrogen-bond acceptors (Lipinski definition) is 3. The van der Waals surface area contributed by atoms with Gasteiger partial charge in [0.2, 0.25) is 0 Å². The molecule has 1 aromatic rings. The molecular weight excluding hydrogens is 250 g/mol. The van der Waals surface area contributed by atoms with Crippen molar-refractivity contribution in [3.05, 3.63) is 23.8 Å². The standard InChI is InChI=1S/C17H29NO2/c1-13-8-9-14(15(10-13)19-7)20-12-17(5,6)11-18-16(2,3)4/h8-10,18H,11-12H2,1-7H3. The molecule has 20 heavy (non-hydrogen) atoms. The molecule has 0 spiro atoms. The summed E-state index contributed by atoms with van der Waals surface area (Å²) in [6, 6.07) is 6.01. The molecule has 0 aromatic heterocycles. The molecule has 0 fully saturated rings. The van der Waals surface area contributed by atoms with Crippen molar-refractivity contribution in [1.29, 1.82) is 0 Å². The number of aryl methyl sites for hydroxylation is 1. The molecule has 0 radical (unpaired) electrons. The van der Waals surface area contributed by atoms with Gasteiger partial charge in [0.05, 0.1) is 13.7 Å². The largest absolute Gasteiger partial charge is 0.493 e. The minimum atomic E-state index is 0.0587. The maximum atomic E-state index is 5.95. The number of methoxy groups -OCH3 is 1. The molecule has 3 nitrogen and oxygen atoms in total. The zero-order valence-electron chi connectivity index (χ0n) is 14.0. The molecule has 1 aromatic carbocycles. The van der Waals surface area contributed by atoms with Crippen molar-refractivity contribution >= 4 is 0 Å². The topological polar surface area (TPSA) is 30.5 Å². The summed E-state index contributed by atoms with van der Waals surface area (Å²) >= 11 is 0. The van der Waals surface area contributed by atoms with Crippen LogP contribution < -0.4 is 14.8 Å². The molecule has 1 N–H and O–H groups in total. The van der Waals surface area contributed by atoms with Crippen LogP contribution in [0.3, 0.4) is 0 Å². The number of nitrogens with one attached hydrogen (secondary N) is 1. The van der Waals surface area contributed by atoms with Crippen LogP contribution in [-0.4, -0.2) is 25.8 Å². The van der Waals surface area contributed by atoms with Crippen molar-refractivity contribution < 1.29 is 9.47 Å². The highest BCUT2D eigenvalue weighted by atomic mass is 16.5.